The lowest BCUT2D eigenvalue weighted by Crippen LogP contribution is -2.49. The number of carbonyl (C=O) groups is 1. The number of fused-ring (bicyclic) bond motifs is 2. The van der Waals surface area contributed by atoms with E-state index < -0.39 is 23.9 Å². The third kappa shape index (κ3) is 4.37. The second kappa shape index (κ2) is 9.60. The normalized spacial score (nSPS) is 17.1. The van der Waals surface area contributed by atoms with Crippen LogP contribution in [-0.2, 0) is 0 Å². The molecule has 2 aliphatic rings. The lowest BCUT2D eigenvalue weighted by Gasteiger charge is -2.38. The Morgan fingerprint density at radius 3 is 2.61 bits per heavy atom. The molecule has 194 valence electrons. The van der Waals surface area contributed by atoms with E-state index in [2.05, 4.69) is 10.3 Å². The second-order valence-corrected chi connectivity index (χ2v) is 10.3. The van der Waals surface area contributed by atoms with Crippen LogP contribution in [0, 0.1) is 5.82 Å². The zero-order valence-electron chi connectivity index (χ0n) is 19.8. The minimum atomic E-state index is -1.04. The van der Waals surface area contributed by atoms with E-state index in [1.54, 1.807) is 41.3 Å². The van der Waals surface area contributed by atoms with Gasteiger partial charge >= 0.3 is 0 Å². The molecule has 10 heteroatoms. The van der Waals surface area contributed by atoms with Crippen LogP contribution < -0.4 is 15.0 Å². The summed E-state index contributed by atoms with van der Waals surface area (Å²) in [5.41, 5.74) is 2.30. The molecule has 0 saturated carbocycles. The average molecular weight is 556 g/mol. The standard InChI is InChI=1S/C28H21Cl2F2N3O3/c29-15-7-14(8-16(30)9-15)25-22(32)3-2-19-26(25)33-11-21(27(19)35-12-17(31)13-35)28(37)34-23-5-6-38-24-4-1-18(36)10-20(23)24/h1-4,7-11,17,23,36H,5-6,12-13H2,(H,34,37). The number of hydrogen-bond donors (Lipinski definition) is 2. The SMILES string of the molecule is O=C(NC1CCOc2ccc(O)cc21)c1cnc2c(-c3cc(Cl)cc(Cl)c3)c(F)ccc2c1N1CC(F)C1. The topological polar surface area (TPSA) is 74.7 Å². The van der Waals surface area contributed by atoms with Crippen LogP contribution in [0.15, 0.2) is 54.7 Å². The van der Waals surface area contributed by atoms with Gasteiger partial charge in [0, 0.05) is 39.2 Å². The van der Waals surface area contributed by atoms with Crippen molar-refractivity contribution in [3.8, 4) is 22.6 Å². The Morgan fingerprint density at radius 1 is 1.11 bits per heavy atom. The molecule has 2 N–H and O–H groups in total. The number of ether oxygens (including phenoxy) is 1. The van der Waals surface area contributed by atoms with Crippen molar-refractivity contribution in [2.45, 2.75) is 18.6 Å². The summed E-state index contributed by atoms with van der Waals surface area (Å²) in [6.07, 6.45) is 0.849. The first kappa shape index (κ1) is 24.7. The molecule has 38 heavy (non-hydrogen) atoms. The van der Waals surface area contributed by atoms with Gasteiger partial charge in [-0.05, 0) is 54.1 Å². The highest BCUT2D eigenvalue weighted by molar-refractivity contribution is 6.35. The minimum Gasteiger partial charge on any atom is -0.508 e. The van der Waals surface area contributed by atoms with Crippen molar-refractivity contribution in [1.29, 1.82) is 0 Å². The van der Waals surface area contributed by atoms with E-state index in [4.69, 9.17) is 27.9 Å². The van der Waals surface area contributed by atoms with E-state index in [-0.39, 0.29) is 30.0 Å². The summed E-state index contributed by atoms with van der Waals surface area (Å²) in [5.74, 6) is -0.307. The molecular weight excluding hydrogens is 535 g/mol. The van der Waals surface area contributed by atoms with Crippen LogP contribution in [0.4, 0.5) is 14.5 Å². The third-order valence-electron chi connectivity index (χ3n) is 6.85. The number of pyridine rings is 1. The molecule has 4 aromatic rings. The Labute approximate surface area is 226 Å². The van der Waals surface area contributed by atoms with Gasteiger partial charge in [0.1, 0.15) is 23.5 Å². The highest BCUT2D eigenvalue weighted by Gasteiger charge is 2.33. The van der Waals surface area contributed by atoms with Gasteiger partial charge in [0.15, 0.2) is 0 Å². The number of aromatic nitrogens is 1. The fourth-order valence-corrected chi connectivity index (χ4v) is 5.61. The Bertz CT molecular complexity index is 1570. The number of hydrogen-bond acceptors (Lipinski definition) is 5. The summed E-state index contributed by atoms with van der Waals surface area (Å²) in [7, 11) is 0. The number of aromatic hydroxyl groups is 1. The minimum absolute atomic E-state index is 0.0619. The molecule has 0 spiro atoms. The summed E-state index contributed by atoms with van der Waals surface area (Å²) in [6.45, 7) is 0.595. The van der Waals surface area contributed by atoms with Crippen molar-refractivity contribution in [3.05, 3.63) is 81.7 Å². The smallest absolute Gasteiger partial charge is 0.255 e. The maximum Gasteiger partial charge on any atom is 0.255 e. The zero-order valence-corrected chi connectivity index (χ0v) is 21.4. The number of phenols is 1. The maximum absolute atomic E-state index is 15.2. The van der Waals surface area contributed by atoms with E-state index in [0.717, 1.165) is 0 Å². The van der Waals surface area contributed by atoms with E-state index in [1.165, 1.54) is 18.3 Å². The van der Waals surface area contributed by atoms with Crippen molar-refractivity contribution in [2.24, 2.45) is 0 Å². The van der Waals surface area contributed by atoms with Gasteiger partial charge in [0.25, 0.3) is 5.91 Å². The van der Waals surface area contributed by atoms with Gasteiger partial charge in [-0.3, -0.25) is 9.78 Å². The van der Waals surface area contributed by atoms with Gasteiger partial charge in [0.05, 0.1) is 42.5 Å². The molecule has 1 atom stereocenters. The zero-order chi connectivity index (χ0) is 26.6. The highest BCUT2D eigenvalue weighted by Crippen LogP contribution is 2.40. The van der Waals surface area contributed by atoms with Gasteiger partial charge in [-0.1, -0.05) is 23.2 Å². The first-order valence-electron chi connectivity index (χ1n) is 12.0. The average Bonchev–Trinajstić information content (AvgIpc) is 2.86. The number of rotatable bonds is 4. The highest BCUT2D eigenvalue weighted by atomic mass is 35.5. The molecular formula is C28H21Cl2F2N3O3. The van der Waals surface area contributed by atoms with Crippen LogP contribution in [0.5, 0.6) is 11.5 Å². The van der Waals surface area contributed by atoms with Crippen LogP contribution in [0.25, 0.3) is 22.0 Å². The van der Waals surface area contributed by atoms with Crippen molar-refractivity contribution < 1.29 is 23.4 Å². The number of nitrogens with zero attached hydrogens (tertiary/aromatic N) is 2. The number of benzene rings is 3. The number of halogens is 4. The van der Waals surface area contributed by atoms with Crippen LogP contribution in [0.2, 0.25) is 10.0 Å². The summed E-state index contributed by atoms with van der Waals surface area (Å²) in [5, 5.41) is 14.2. The van der Waals surface area contributed by atoms with Gasteiger partial charge in [-0.2, -0.15) is 0 Å². The first-order valence-corrected chi connectivity index (χ1v) is 12.8. The van der Waals surface area contributed by atoms with Crippen LogP contribution in [0.3, 0.4) is 0 Å². The number of nitrogens with one attached hydrogen (secondary N) is 1. The Hall–Kier alpha value is -3.62. The quantitative estimate of drug-likeness (QED) is 0.302. The molecule has 6 nitrogen and oxygen atoms in total. The summed E-state index contributed by atoms with van der Waals surface area (Å²) in [4.78, 5) is 19.9. The molecule has 0 aliphatic carbocycles. The largest absolute Gasteiger partial charge is 0.508 e. The molecule has 1 aromatic heterocycles. The first-order chi connectivity index (χ1) is 18.3. The monoisotopic (exact) mass is 555 g/mol. The summed E-state index contributed by atoms with van der Waals surface area (Å²) < 4.78 is 34.8. The number of anilines is 1. The summed E-state index contributed by atoms with van der Waals surface area (Å²) in [6, 6.07) is 11.9. The lowest BCUT2D eigenvalue weighted by molar-refractivity contribution is 0.0924. The molecule has 3 heterocycles. The molecule has 0 radical (unpaired) electrons. The lowest BCUT2D eigenvalue weighted by atomic mass is 9.96. The molecule has 2 aliphatic heterocycles. The van der Waals surface area contributed by atoms with E-state index in [1.807, 2.05) is 0 Å². The molecule has 1 fully saturated rings. The Balaban J connectivity index is 1.46. The van der Waals surface area contributed by atoms with Gasteiger partial charge in [-0.15, -0.1) is 0 Å². The maximum atomic E-state index is 15.2. The number of amides is 1. The van der Waals surface area contributed by atoms with E-state index in [9.17, 15) is 14.3 Å². The van der Waals surface area contributed by atoms with Crippen molar-refractivity contribution in [3.63, 3.8) is 0 Å². The predicted molar refractivity (Wildman–Crippen MR) is 143 cm³/mol. The Morgan fingerprint density at radius 2 is 1.87 bits per heavy atom. The Kier molecular flexibility index (Phi) is 6.24. The predicted octanol–water partition coefficient (Wildman–Crippen LogP) is 6.47. The van der Waals surface area contributed by atoms with Gasteiger partial charge in [0.2, 0.25) is 0 Å². The molecule has 3 aromatic carbocycles. The van der Waals surface area contributed by atoms with Gasteiger partial charge in [-0.25, -0.2) is 8.78 Å². The second-order valence-electron chi connectivity index (χ2n) is 9.38. The van der Waals surface area contributed by atoms with Crippen molar-refractivity contribution in [1.82, 2.24) is 10.3 Å². The molecule has 1 saturated heterocycles. The van der Waals surface area contributed by atoms with Crippen molar-refractivity contribution >= 4 is 45.7 Å². The third-order valence-corrected chi connectivity index (χ3v) is 7.28. The number of alkyl halides is 1. The number of phenolic OH excluding ortho intramolecular Hbond substituents is 1. The molecule has 1 unspecified atom stereocenters. The molecule has 1 amide bonds. The van der Waals surface area contributed by atoms with Gasteiger partial charge < -0.3 is 20.1 Å². The fraction of sp³-hybridized carbons (Fsp3) is 0.214. The molecule has 0 bridgehead atoms. The summed E-state index contributed by atoms with van der Waals surface area (Å²) >= 11 is 12.4. The fourth-order valence-electron chi connectivity index (χ4n) is 5.08. The number of carbonyl (C=O) groups excluding carboxylic acids is 1. The van der Waals surface area contributed by atoms with Crippen LogP contribution >= 0.6 is 23.2 Å². The van der Waals surface area contributed by atoms with Crippen molar-refractivity contribution in [2.75, 3.05) is 24.6 Å². The van der Waals surface area contributed by atoms with E-state index in [0.29, 0.717) is 56.5 Å². The van der Waals surface area contributed by atoms with Crippen LogP contribution in [-0.4, -0.2) is 41.9 Å². The van der Waals surface area contributed by atoms with E-state index >= 15 is 4.39 Å². The van der Waals surface area contributed by atoms with Crippen LogP contribution in [0.1, 0.15) is 28.4 Å². The molecule has 6 rings (SSSR count).